The van der Waals surface area contributed by atoms with Crippen LogP contribution in [0.5, 0.6) is 0 Å². The number of likely N-dealkylation sites (N-methyl/N-ethyl adjacent to an activating group) is 2. The van der Waals surface area contributed by atoms with E-state index in [1.165, 1.54) is 45.4 Å². The largest absolute Gasteiger partial charge is 0.259 e. The van der Waals surface area contributed by atoms with Crippen LogP contribution in [0.2, 0.25) is 0 Å². The van der Waals surface area contributed by atoms with Crippen LogP contribution in [-0.2, 0) is 0 Å². The summed E-state index contributed by atoms with van der Waals surface area (Å²) in [6, 6.07) is 0. The molecular formula is C9H20N3P. The molecule has 0 N–H and O–H groups in total. The van der Waals surface area contributed by atoms with Crippen LogP contribution in [0.25, 0.3) is 0 Å². The van der Waals surface area contributed by atoms with Crippen molar-refractivity contribution in [2.75, 3.05) is 40.3 Å². The Morgan fingerprint density at radius 2 is 1.31 bits per heavy atom. The normalized spacial score (nSPS) is 30.0. The summed E-state index contributed by atoms with van der Waals surface area (Å²) in [4.78, 5) is 0. The van der Waals surface area contributed by atoms with E-state index in [2.05, 4.69) is 28.1 Å². The molecule has 0 spiro atoms. The lowest BCUT2D eigenvalue weighted by Crippen LogP contribution is -2.31. The average Bonchev–Trinajstić information content (AvgIpc) is 2.48. The van der Waals surface area contributed by atoms with Gasteiger partial charge in [0.2, 0.25) is 0 Å². The summed E-state index contributed by atoms with van der Waals surface area (Å²) in [7, 11) is 4.45. The Labute approximate surface area is 82.6 Å². The molecule has 2 rings (SSSR count). The summed E-state index contributed by atoms with van der Waals surface area (Å²) in [5.74, 6) is 0. The fourth-order valence-electron chi connectivity index (χ4n) is 2.22. The summed E-state index contributed by atoms with van der Waals surface area (Å²) in [6.07, 6.45) is 4.24. The molecule has 0 aromatic heterocycles. The standard InChI is InChI=1S/C9H20N3P/c1-10-8-9-11(2)13(10)12-6-4-3-5-7-12/h3-9H2,1-2H3. The van der Waals surface area contributed by atoms with Crippen LogP contribution >= 0.6 is 8.37 Å². The third-order valence-electron chi connectivity index (χ3n) is 2.94. The summed E-state index contributed by atoms with van der Waals surface area (Å²) in [6.45, 7) is 5.14. The van der Waals surface area contributed by atoms with Gasteiger partial charge in [-0.05, 0) is 26.9 Å². The van der Waals surface area contributed by atoms with Crippen molar-refractivity contribution in [3.63, 3.8) is 0 Å². The molecule has 0 radical (unpaired) electrons. The van der Waals surface area contributed by atoms with E-state index in [1.807, 2.05) is 0 Å². The van der Waals surface area contributed by atoms with Crippen LogP contribution in [0.3, 0.4) is 0 Å². The summed E-state index contributed by atoms with van der Waals surface area (Å²) < 4.78 is 7.74. The highest BCUT2D eigenvalue weighted by Crippen LogP contribution is 2.50. The van der Waals surface area contributed by atoms with E-state index in [0.29, 0.717) is 0 Å². The zero-order chi connectivity index (χ0) is 9.26. The van der Waals surface area contributed by atoms with Gasteiger partial charge in [0.1, 0.15) is 8.37 Å². The third-order valence-corrected chi connectivity index (χ3v) is 5.47. The van der Waals surface area contributed by atoms with E-state index < -0.39 is 0 Å². The highest BCUT2D eigenvalue weighted by molar-refractivity contribution is 7.50. The smallest absolute Gasteiger partial charge is 0.119 e. The Morgan fingerprint density at radius 1 is 0.769 bits per heavy atom. The first-order valence-electron chi connectivity index (χ1n) is 5.26. The maximum Gasteiger partial charge on any atom is 0.119 e. The van der Waals surface area contributed by atoms with Gasteiger partial charge < -0.3 is 0 Å². The molecule has 76 valence electrons. The quantitative estimate of drug-likeness (QED) is 0.596. The van der Waals surface area contributed by atoms with Gasteiger partial charge in [-0.15, -0.1) is 0 Å². The predicted molar refractivity (Wildman–Crippen MR) is 57.6 cm³/mol. The number of rotatable bonds is 1. The van der Waals surface area contributed by atoms with Crippen molar-refractivity contribution < 1.29 is 0 Å². The van der Waals surface area contributed by atoms with Gasteiger partial charge in [-0.1, -0.05) is 6.42 Å². The lowest BCUT2D eigenvalue weighted by Gasteiger charge is -2.37. The van der Waals surface area contributed by atoms with E-state index >= 15 is 0 Å². The summed E-state index contributed by atoms with van der Waals surface area (Å²) in [5.41, 5.74) is 0. The molecule has 2 heterocycles. The molecule has 0 aromatic carbocycles. The lowest BCUT2D eigenvalue weighted by atomic mass is 10.2. The molecular weight excluding hydrogens is 181 g/mol. The average molecular weight is 201 g/mol. The highest BCUT2D eigenvalue weighted by Gasteiger charge is 2.32. The van der Waals surface area contributed by atoms with Crippen LogP contribution in [-0.4, -0.2) is 54.3 Å². The lowest BCUT2D eigenvalue weighted by molar-refractivity contribution is 0.343. The minimum absolute atomic E-state index is 0.0857. The van der Waals surface area contributed by atoms with Crippen LogP contribution in [0.15, 0.2) is 0 Å². The first-order chi connectivity index (χ1) is 6.29. The predicted octanol–water partition coefficient (Wildman–Crippen LogP) is 1.58. The molecule has 4 heteroatoms. The molecule has 3 nitrogen and oxygen atoms in total. The van der Waals surface area contributed by atoms with E-state index in [4.69, 9.17) is 0 Å². The molecule has 2 aliphatic heterocycles. The third kappa shape index (κ3) is 2.04. The first-order valence-corrected chi connectivity index (χ1v) is 6.46. The molecule has 2 saturated heterocycles. The van der Waals surface area contributed by atoms with Gasteiger partial charge in [-0.3, -0.25) is 14.0 Å². The van der Waals surface area contributed by atoms with Crippen molar-refractivity contribution in [1.29, 1.82) is 0 Å². The number of nitrogens with zero attached hydrogens (tertiary/aromatic N) is 3. The Kier molecular flexibility index (Phi) is 3.20. The molecule has 0 amide bonds. The van der Waals surface area contributed by atoms with Crippen molar-refractivity contribution in [3.05, 3.63) is 0 Å². The monoisotopic (exact) mass is 201 g/mol. The zero-order valence-corrected chi connectivity index (χ0v) is 9.63. The van der Waals surface area contributed by atoms with Crippen molar-refractivity contribution in [3.8, 4) is 0 Å². The Balaban J connectivity index is 1.96. The van der Waals surface area contributed by atoms with E-state index in [-0.39, 0.29) is 8.37 Å². The van der Waals surface area contributed by atoms with Crippen molar-refractivity contribution in [2.24, 2.45) is 0 Å². The fraction of sp³-hybridized carbons (Fsp3) is 1.00. The van der Waals surface area contributed by atoms with Gasteiger partial charge in [-0.25, -0.2) is 0 Å². The molecule has 0 unspecified atom stereocenters. The van der Waals surface area contributed by atoms with Crippen LogP contribution in [0.4, 0.5) is 0 Å². The SMILES string of the molecule is CN1CCN(C)P1N1CCCCC1. The van der Waals surface area contributed by atoms with Crippen molar-refractivity contribution >= 4 is 8.37 Å². The zero-order valence-electron chi connectivity index (χ0n) is 8.74. The number of hydrogen-bond donors (Lipinski definition) is 0. The van der Waals surface area contributed by atoms with Gasteiger partial charge in [-0.2, -0.15) is 0 Å². The van der Waals surface area contributed by atoms with Crippen molar-refractivity contribution in [1.82, 2.24) is 14.0 Å². The highest BCUT2D eigenvalue weighted by atomic mass is 31.2. The Hall–Kier alpha value is 0.310. The van der Waals surface area contributed by atoms with Gasteiger partial charge in [0.05, 0.1) is 0 Å². The van der Waals surface area contributed by atoms with Crippen molar-refractivity contribution in [2.45, 2.75) is 19.3 Å². The molecule has 2 aliphatic rings. The maximum atomic E-state index is 2.69. The number of piperidine rings is 1. The Bertz CT molecular complexity index is 160. The molecule has 0 atom stereocenters. The maximum absolute atomic E-state index is 2.69. The van der Waals surface area contributed by atoms with E-state index in [1.54, 1.807) is 0 Å². The van der Waals surface area contributed by atoms with Gasteiger partial charge in [0.15, 0.2) is 0 Å². The second kappa shape index (κ2) is 4.22. The second-order valence-corrected chi connectivity index (χ2v) is 6.51. The Morgan fingerprint density at radius 3 is 1.85 bits per heavy atom. The topological polar surface area (TPSA) is 9.72 Å². The van der Waals surface area contributed by atoms with E-state index in [0.717, 1.165) is 0 Å². The minimum Gasteiger partial charge on any atom is -0.259 e. The van der Waals surface area contributed by atoms with Gasteiger partial charge in [0.25, 0.3) is 0 Å². The van der Waals surface area contributed by atoms with Crippen LogP contribution in [0.1, 0.15) is 19.3 Å². The number of hydrogen-bond acceptors (Lipinski definition) is 3. The molecule has 0 saturated carbocycles. The fourth-order valence-corrected chi connectivity index (χ4v) is 4.78. The van der Waals surface area contributed by atoms with E-state index in [9.17, 15) is 0 Å². The van der Waals surface area contributed by atoms with Crippen LogP contribution in [0, 0.1) is 0 Å². The molecule has 13 heavy (non-hydrogen) atoms. The molecule has 0 aromatic rings. The second-order valence-electron chi connectivity index (χ2n) is 4.05. The molecule has 0 aliphatic carbocycles. The summed E-state index contributed by atoms with van der Waals surface area (Å²) >= 11 is 0. The first kappa shape index (κ1) is 9.85. The minimum atomic E-state index is -0.0857. The molecule has 2 fully saturated rings. The summed E-state index contributed by atoms with van der Waals surface area (Å²) in [5, 5.41) is 0. The molecule has 0 bridgehead atoms. The van der Waals surface area contributed by atoms with Crippen LogP contribution < -0.4 is 0 Å². The van der Waals surface area contributed by atoms with Gasteiger partial charge >= 0.3 is 0 Å². The van der Waals surface area contributed by atoms with Gasteiger partial charge in [0, 0.05) is 26.2 Å².